The number of fused-ring (bicyclic) bond motifs is 6. The molecule has 0 aliphatic carbocycles. The molecule has 4 heteroatoms. The first-order valence-corrected chi connectivity index (χ1v) is 23.2. The first kappa shape index (κ1) is 40.7. The maximum atomic E-state index is 11.0. The molecule has 3 heterocycles. The molecule has 68 heavy (non-hydrogen) atoms. The Balaban J connectivity index is 1.24. The number of aromatic nitrogens is 3. The summed E-state index contributed by atoms with van der Waals surface area (Å²) in [5.74, 6) is 0. The summed E-state index contributed by atoms with van der Waals surface area (Å²) >= 11 is 0. The fourth-order valence-corrected chi connectivity index (χ4v) is 10.7. The van der Waals surface area contributed by atoms with Crippen molar-refractivity contribution in [3.63, 3.8) is 0 Å². The van der Waals surface area contributed by atoms with Crippen molar-refractivity contribution >= 4 is 43.6 Å². The van der Waals surface area contributed by atoms with Crippen molar-refractivity contribution in [1.82, 2.24) is 14.1 Å². The standard InChI is InChI=1S/C64H46N4/c1-40-15-5-10-20-49(40)44-25-29-54-55-30-26-45(50-21-11-6-16-41(50)2)34-59(55)67(58(54)33-44)62-38-66-39-63(64(62)53-24-14-9-19-48(53)37-65)68-60-35-46(51-22-12-7-17-42(51)3)27-31-56(60)57-32-28-47(36-61(57)68)52-23-13-8-18-43(52)4/h5-36,38-39H,1-4H3. The molecule has 0 bridgehead atoms. The summed E-state index contributed by atoms with van der Waals surface area (Å²) in [6.45, 7) is 8.70. The van der Waals surface area contributed by atoms with E-state index in [2.05, 4.69) is 219 Å². The molecule has 0 saturated heterocycles. The molecular weight excluding hydrogens is 825 g/mol. The van der Waals surface area contributed by atoms with E-state index in [1.807, 2.05) is 30.6 Å². The van der Waals surface area contributed by atoms with E-state index < -0.39 is 0 Å². The van der Waals surface area contributed by atoms with Gasteiger partial charge >= 0.3 is 0 Å². The summed E-state index contributed by atoms with van der Waals surface area (Å²) in [6, 6.07) is 72.4. The monoisotopic (exact) mass is 870 g/mol. The fraction of sp³-hybridized carbons (Fsp3) is 0.0625. The second-order valence-corrected chi connectivity index (χ2v) is 18.1. The largest absolute Gasteiger partial charge is 0.307 e. The Morgan fingerprint density at radius 3 is 0.956 bits per heavy atom. The molecule has 322 valence electrons. The minimum absolute atomic E-state index is 0.588. The van der Waals surface area contributed by atoms with Gasteiger partial charge in [-0.3, -0.25) is 4.98 Å². The lowest BCUT2D eigenvalue weighted by Crippen LogP contribution is -2.06. The normalized spacial score (nSPS) is 11.5. The highest BCUT2D eigenvalue weighted by Gasteiger charge is 2.25. The lowest BCUT2D eigenvalue weighted by molar-refractivity contribution is 1.09. The van der Waals surface area contributed by atoms with Gasteiger partial charge in [-0.15, -0.1) is 0 Å². The van der Waals surface area contributed by atoms with E-state index in [0.717, 1.165) is 88.4 Å². The third-order valence-corrected chi connectivity index (χ3v) is 14.1. The number of hydrogen-bond acceptors (Lipinski definition) is 2. The summed E-state index contributed by atoms with van der Waals surface area (Å²) in [7, 11) is 0. The number of hydrogen-bond donors (Lipinski definition) is 0. The van der Waals surface area contributed by atoms with E-state index in [-0.39, 0.29) is 0 Å². The molecule has 12 rings (SSSR count). The van der Waals surface area contributed by atoms with Gasteiger partial charge in [0.25, 0.3) is 0 Å². The smallest absolute Gasteiger partial charge is 0.0998 e. The van der Waals surface area contributed by atoms with Crippen molar-refractivity contribution in [3.05, 3.63) is 234 Å². The topological polar surface area (TPSA) is 46.5 Å². The summed E-state index contributed by atoms with van der Waals surface area (Å²) in [6.07, 6.45) is 4.00. The molecule has 9 aromatic carbocycles. The summed E-state index contributed by atoms with van der Waals surface area (Å²) in [5.41, 5.74) is 22.5. The molecule has 0 radical (unpaired) electrons. The number of nitrogens with zero attached hydrogens (tertiary/aromatic N) is 4. The Bertz CT molecular complexity index is 3610. The number of rotatable bonds is 7. The zero-order chi connectivity index (χ0) is 46.0. The van der Waals surface area contributed by atoms with Gasteiger partial charge in [0.1, 0.15) is 0 Å². The van der Waals surface area contributed by atoms with Crippen LogP contribution in [0.1, 0.15) is 27.8 Å². The Hall–Kier alpha value is -8.78. The Morgan fingerprint density at radius 2 is 0.647 bits per heavy atom. The molecule has 4 nitrogen and oxygen atoms in total. The van der Waals surface area contributed by atoms with Crippen molar-refractivity contribution in [3.8, 4) is 73.1 Å². The van der Waals surface area contributed by atoms with Crippen molar-refractivity contribution < 1.29 is 0 Å². The molecule has 0 unspecified atom stereocenters. The molecule has 0 atom stereocenters. The van der Waals surface area contributed by atoms with Crippen LogP contribution in [0.5, 0.6) is 0 Å². The number of benzene rings is 9. The molecular formula is C64H46N4. The molecule has 0 aliphatic rings. The quantitative estimate of drug-likeness (QED) is 0.160. The molecule has 12 aromatic rings. The van der Waals surface area contributed by atoms with Crippen LogP contribution in [0, 0.1) is 39.0 Å². The molecule has 0 N–H and O–H groups in total. The summed E-state index contributed by atoms with van der Waals surface area (Å²) in [5, 5.41) is 15.5. The van der Waals surface area contributed by atoms with E-state index in [1.165, 1.54) is 44.5 Å². The highest BCUT2D eigenvalue weighted by Crippen LogP contribution is 2.45. The first-order chi connectivity index (χ1) is 33.4. The van der Waals surface area contributed by atoms with Gasteiger partial charge in [-0.2, -0.15) is 5.26 Å². The van der Waals surface area contributed by atoms with E-state index in [4.69, 9.17) is 4.98 Å². The highest BCUT2D eigenvalue weighted by molar-refractivity contribution is 6.14. The SMILES string of the molecule is Cc1ccccc1-c1ccc2c3ccc(-c4ccccc4C)cc3n(-c3cncc(-n4c5cc(-c6ccccc6C)ccc5c5ccc(-c6ccccc6C)cc54)c3-c3ccccc3C#N)c2c1. The van der Waals surface area contributed by atoms with Gasteiger partial charge < -0.3 is 9.13 Å². The van der Waals surface area contributed by atoms with Crippen LogP contribution in [0.15, 0.2) is 207 Å². The first-order valence-electron chi connectivity index (χ1n) is 23.2. The zero-order valence-electron chi connectivity index (χ0n) is 38.4. The Kier molecular flexibility index (Phi) is 9.74. The van der Waals surface area contributed by atoms with Gasteiger partial charge in [-0.1, -0.05) is 164 Å². The van der Waals surface area contributed by atoms with Crippen molar-refractivity contribution in [2.45, 2.75) is 27.7 Å². The van der Waals surface area contributed by atoms with Crippen LogP contribution in [0.3, 0.4) is 0 Å². The molecule has 0 saturated carbocycles. The van der Waals surface area contributed by atoms with E-state index in [1.54, 1.807) is 0 Å². The second-order valence-electron chi connectivity index (χ2n) is 18.1. The number of nitriles is 1. The maximum absolute atomic E-state index is 11.0. The number of aryl methyl sites for hydroxylation is 4. The zero-order valence-corrected chi connectivity index (χ0v) is 38.4. The van der Waals surface area contributed by atoms with Crippen LogP contribution in [0.25, 0.3) is 111 Å². The minimum atomic E-state index is 0.588. The average Bonchev–Trinajstić information content (AvgIpc) is 3.87. The molecule has 0 fully saturated rings. The van der Waals surface area contributed by atoms with Gasteiger partial charge in [0, 0.05) is 32.7 Å². The van der Waals surface area contributed by atoms with Gasteiger partial charge in [0.15, 0.2) is 0 Å². The molecule has 0 aliphatic heterocycles. The molecule has 3 aromatic heterocycles. The van der Waals surface area contributed by atoms with E-state index in [9.17, 15) is 5.26 Å². The third kappa shape index (κ3) is 6.55. The summed E-state index contributed by atoms with van der Waals surface area (Å²) < 4.78 is 4.80. The fourth-order valence-electron chi connectivity index (χ4n) is 10.7. The highest BCUT2D eigenvalue weighted by atomic mass is 15.0. The van der Waals surface area contributed by atoms with Crippen LogP contribution < -0.4 is 0 Å². The predicted octanol–water partition coefficient (Wildman–Crippen LogP) is 16.7. The van der Waals surface area contributed by atoms with Crippen molar-refractivity contribution in [2.24, 2.45) is 0 Å². The average molecular weight is 871 g/mol. The van der Waals surface area contributed by atoms with Crippen LogP contribution in [0.2, 0.25) is 0 Å². The lowest BCUT2D eigenvalue weighted by Gasteiger charge is -2.21. The lowest BCUT2D eigenvalue weighted by atomic mass is 9.97. The second kappa shape index (κ2) is 16.3. The maximum Gasteiger partial charge on any atom is 0.0998 e. The van der Waals surface area contributed by atoms with Crippen LogP contribution >= 0.6 is 0 Å². The van der Waals surface area contributed by atoms with Gasteiger partial charge in [0.2, 0.25) is 0 Å². The van der Waals surface area contributed by atoms with E-state index >= 15 is 0 Å². The van der Waals surface area contributed by atoms with Crippen molar-refractivity contribution in [1.29, 1.82) is 5.26 Å². The Labute approximate surface area is 396 Å². The predicted molar refractivity (Wildman–Crippen MR) is 284 cm³/mol. The Morgan fingerprint density at radius 1 is 0.353 bits per heavy atom. The van der Waals surface area contributed by atoms with Crippen LogP contribution in [-0.2, 0) is 0 Å². The minimum Gasteiger partial charge on any atom is -0.307 e. The van der Waals surface area contributed by atoms with Gasteiger partial charge in [-0.05, 0) is 125 Å². The van der Waals surface area contributed by atoms with Gasteiger partial charge in [0.05, 0.1) is 57.5 Å². The van der Waals surface area contributed by atoms with Gasteiger partial charge in [-0.25, -0.2) is 0 Å². The number of pyridine rings is 1. The van der Waals surface area contributed by atoms with Crippen LogP contribution in [-0.4, -0.2) is 14.1 Å². The van der Waals surface area contributed by atoms with E-state index in [0.29, 0.717) is 5.56 Å². The van der Waals surface area contributed by atoms with Crippen molar-refractivity contribution in [2.75, 3.05) is 0 Å². The molecule has 0 spiro atoms. The summed E-state index contributed by atoms with van der Waals surface area (Å²) in [4.78, 5) is 5.22. The third-order valence-electron chi connectivity index (χ3n) is 14.1. The van der Waals surface area contributed by atoms with Crippen LogP contribution in [0.4, 0.5) is 0 Å². The molecule has 0 amide bonds.